The summed E-state index contributed by atoms with van der Waals surface area (Å²) in [6.45, 7) is 4.43. The number of benzene rings is 8. The van der Waals surface area contributed by atoms with Crippen LogP contribution in [0.4, 0.5) is 34.1 Å². The van der Waals surface area contributed by atoms with Gasteiger partial charge in [0.05, 0.1) is 10.4 Å². The molecule has 0 atom stereocenters. The number of anilines is 6. The molecule has 0 N–H and O–H groups in total. The van der Waals surface area contributed by atoms with Crippen molar-refractivity contribution in [3.8, 4) is 11.1 Å². The molecule has 378 valence electrons. The quantitative estimate of drug-likeness (QED) is 0.150. The standard InChI is InChI=1S/C72H68N2S2/c1-44-17-25-54(26-18-44)73(55-29-21-50(22-30-55)48-11-5-3-6-12-48)58-33-34-60-66(42-58)75-65-36-35-61-67-62(72(70(61)68(60)65)52-38-46-37-47(40-52)41-53(72)39-46)43-63(71-69(67)59-15-9-10-16-64(59)76-71)74(56-27-19-45(2)20-28-56)57-31-23-51(24-32-57)49-13-7-4-8-14-49/h9-10,15-36,42-43,46-49,52-53H,3-8,11-14,37-41H2,1-2H3. The molecule has 6 fully saturated rings. The Morgan fingerprint density at radius 3 is 1.55 bits per heavy atom. The van der Waals surface area contributed by atoms with Gasteiger partial charge in [-0.05, 0) is 219 Å². The summed E-state index contributed by atoms with van der Waals surface area (Å²) in [4.78, 5) is 5.17. The first-order chi connectivity index (χ1) is 37.4. The van der Waals surface area contributed by atoms with E-state index >= 15 is 0 Å². The average molecular weight is 1030 g/mol. The summed E-state index contributed by atoms with van der Waals surface area (Å²) < 4.78 is 5.62. The third kappa shape index (κ3) is 7.07. The second-order valence-corrected chi connectivity index (χ2v) is 26.8. The molecule has 0 aliphatic heterocycles. The highest BCUT2D eigenvalue weighted by atomic mass is 32.1. The van der Waals surface area contributed by atoms with Crippen molar-refractivity contribution in [1.82, 2.24) is 0 Å². The summed E-state index contributed by atoms with van der Waals surface area (Å²) in [5.74, 6) is 4.30. The molecule has 0 unspecified atom stereocenters. The van der Waals surface area contributed by atoms with Crippen LogP contribution in [0.2, 0.25) is 0 Å². The molecule has 4 bridgehead atoms. The minimum Gasteiger partial charge on any atom is -0.310 e. The highest BCUT2D eigenvalue weighted by Crippen LogP contribution is 2.72. The van der Waals surface area contributed by atoms with Gasteiger partial charge in [-0.25, -0.2) is 0 Å². The van der Waals surface area contributed by atoms with Gasteiger partial charge < -0.3 is 9.80 Å². The van der Waals surface area contributed by atoms with Gasteiger partial charge in [-0.2, -0.15) is 0 Å². The third-order valence-electron chi connectivity index (χ3n) is 20.3. The van der Waals surface area contributed by atoms with Crippen LogP contribution in [0.5, 0.6) is 0 Å². The molecule has 8 aromatic carbocycles. The van der Waals surface area contributed by atoms with Gasteiger partial charge in [0.2, 0.25) is 0 Å². The maximum atomic E-state index is 2.79. The predicted octanol–water partition coefficient (Wildman–Crippen LogP) is 21.8. The van der Waals surface area contributed by atoms with Gasteiger partial charge in [-0.3, -0.25) is 0 Å². The van der Waals surface area contributed by atoms with Crippen molar-refractivity contribution in [2.24, 2.45) is 23.7 Å². The number of nitrogens with zero attached hydrogens (tertiary/aromatic N) is 2. The largest absolute Gasteiger partial charge is 0.310 e. The van der Waals surface area contributed by atoms with Gasteiger partial charge in [0.25, 0.3) is 0 Å². The lowest BCUT2D eigenvalue weighted by Gasteiger charge is -2.61. The third-order valence-corrected chi connectivity index (χ3v) is 22.7. The molecular weight excluding hydrogens is 957 g/mol. The Labute approximate surface area is 457 Å². The van der Waals surface area contributed by atoms with E-state index in [1.165, 1.54) is 204 Å². The number of fused-ring (bicyclic) bond motifs is 11. The fourth-order valence-corrected chi connectivity index (χ4v) is 19.5. The van der Waals surface area contributed by atoms with E-state index in [0.29, 0.717) is 23.7 Å². The Kier molecular flexibility index (Phi) is 10.8. The summed E-state index contributed by atoms with van der Waals surface area (Å²) in [7, 11) is 0. The van der Waals surface area contributed by atoms with E-state index in [4.69, 9.17) is 0 Å². The van der Waals surface area contributed by atoms with Gasteiger partial charge >= 0.3 is 0 Å². The monoisotopic (exact) mass is 1020 g/mol. The fourth-order valence-electron chi connectivity index (χ4n) is 17.1. The molecule has 2 heterocycles. The molecule has 4 heteroatoms. The fraction of sp³-hybridized carbons (Fsp3) is 0.333. The van der Waals surface area contributed by atoms with Crippen LogP contribution in [0, 0.1) is 37.5 Å². The molecule has 1 spiro atoms. The minimum atomic E-state index is -0.0615. The molecule has 6 saturated carbocycles. The van der Waals surface area contributed by atoms with Crippen molar-refractivity contribution in [1.29, 1.82) is 0 Å². The van der Waals surface area contributed by atoms with Gasteiger partial charge in [0.1, 0.15) is 0 Å². The first-order valence-corrected chi connectivity index (χ1v) is 31.0. The Morgan fingerprint density at radius 2 is 0.961 bits per heavy atom. The molecule has 17 rings (SSSR count). The number of rotatable bonds is 8. The van der Waals surface area contributed by atoms with Crippen molar-refractivity contribution in [3.05, 3.63) is 191 Å². The first-order valence-electron chi connectivity index (χ1n) is 29.4. The molecule has 2 aromatic heterocycles. The molecule has 76 heavy (non-hydrogen) atoms. The van der Waals surface area contributed by atoms with Gasteiger partial charge in [0, 0.05) is 69.5 Å². The zero-order valence-electron chi connectivity index (χ0n) is 44.3. The lowest BCUT2D eigenvalue weighted by atomic mass is 9.43. The highest BCUT2D eigenvalue weighted by molar-refractivity contribution is 7.26. The topological polar surface area (TPSA) is 6.48 Å². The number of aryl methyl sites for hydroxylation is 2. The Hall–Kier alpha value is -6.20. The van der Waals surface area contributed by atoms with Crippen LogP contribution in [-0.2, 0) is 5.41 Å². The van der Waals surface area contributed by atoms with Crippen LogP contribution in [-0.4, -0.2) is 0 Å². The van der Waals surface area contributed by atoms with E-state index in [-0.39, 0.29) is 5.41 Å². The normalized spacial score (nSPS) is 23.1. The van der Waals surface area contributed by atoms with Crippen molar-refractivity contribution >= 4 is 97.1 Å². The highest BCUT2D eigenvalue weighted by Gasteiger charge is 2.63. The average Bonchev–Trinajstić information content (AvgIpc) is 4.27. The smallest absolute Gasteiger partial charge is 0.0643 e. The van der Waals surface area contributed by atoms with Crippen molar-refractivity contribution in [2.45, 2.75) is 127 Å². The summed E-state index contributed by atoms with van der Waals surface area (Å²) in [6, 6.07) is 63.0. The molecule has 2 nitrogen and oxygen atoms in total. The van der Waals surface area contributed by atoms with Crippen LogP contribution < -0.4 is 9.80 Å². The second-order valence-electron chi connectivity index (χ2n) is 24.6. The van der Waals surface area contributed by atoms with Crippen LogP contribution >= 0.6 is 22.7 Å². The van der Waals surface area contributed by atoms with Crippen LogP contribution in [0.1, 0.15) is 142 Å². The number of hydrogen-bond donors (Lipinski definition) is 0. The Morgan fingerprint density at radius 1 is 0.434 bits per heavy atom. The maximum Gasteiger partial charge on any atom is 0.0643 e. The Balaban J connectivity index is 0.918. The lowest BCUT2D eigenvalue weighted by Crippen LogP contribution is -2.55. The van der Waals surface area contributed by atoms with Crippen LogP contribution in [0.15, 0.2) is 158 Å². The molecule has 10 aromatic rings. The number of thiophene rings is 2. The Bertz CT molecular complexity index is 3840. The summed E-state index contributed by atoms with van der Waals surface area (Å²) in [5.41, 5.74) is 19.4. The molecule has 0 amide bonds. The molecular formula is C72H68N2S2. The van der Waals surface area contributed by atoms with E-state index in [2.05, 4.69) is 181 Å². The zero-order chi connectivity index (χ0) is 50.2. The molecule has 7 aliphatic carbocycles. The van der Waals surface area contributed by atoms with Crippen molar-refractivity contribution in [3.63, 3.8) is 0 Å². The van der Waals surface area contributed by atoms with E-state index in [1.807, 2.05) is 22.7 Å². The predicted molar refractivity (Wildman–Crippen MR) is 326 cm³/mol. The van der Waals surface area contributed by atoms with Gasteiger partial charge in [0.15, 0.2) is 0 Å². The second kappa shape index (κ2) is 17.9. The molecule has 0 saturated heterocycles. The summed E-state index contributed by atoms with van der Waals surface area (Å²) in [6.07, 6.45) is 20.3. The van der Waals surface area contributed by atoms with E-state index in [1.54, 1.807) is 11.1 Å². The van der Waals surface area contributed by atoms with Crippen LogP contribution in [0.25, 0.3) is 51.5 Å². The molecule has 7 aliphatic rings. The summed E-state index contributed by atoms with van der Waals surface area (Å²) >= 11 is 4.04. The van der Waals surface area contributed by atoms with E-state index in [9.17, 15) is 0 Å². The SMILES string of the molecule is Cc1ccc(N(c2ccc(C3CCCCC3)cc2)c2ccc3c(c2)sc2ccc4c(c23)C2(c3cc(N(c5ccc(C)cc5)c5ccc(C6CCCCC6)cc5)c5sc6ccccc6c5c3-4)C3CC4CC(C3)CC2C4)cc1. The van der Waals surface area contributed by atoms with E-state index < -0.39 is 0 Å². The minimum absolute atomic E-state index is 0.0615. The summed E-state index contributed by atoms with van der Waals surface area (Å²) in [5, 5.41) is 5.85. The van der Waals surface area contributed by atoms with E-state index in [0.717, 1.165) is 11.8 Å². The van der Waals surface area contributed by atoms with Crippen LogP contribution in [0.3, 0.4) is 0 Å². The van der Waals surface area contributed by atoms with Gasteiger partial charge in [-0.15, -0.1) is 22.7 Å². The lowest BCUT2D eigenvalue weighted by molar-refractivity contribution is -0.0393. The maximum absolute atomic E-state index is 2.79. The zero-order valence-corrected chi connectivity index (χ0v) is 45.9. The van der Waals surface area contributed by atoms with Crippen molar-refractivity contribution < 1.29 is 0 Å². The van der Waals surface area contributed by atoms with Gasteiger partial charge in [-0.1, -0.05) is 129 Å². The molecule has 0 radical (unpaired) electrons. The van der Waals surface area contributed by atoms with Crippen molar-refractivity contribution in [2.75, 3.05) is 9.80 Å². The number of hydrogen-bond acceptors (Lipinski definition) is 4. The first kappa shape index (κ1) is 45.9.